The van der Waals surface area contributed by atoms with Crippen molar-refractivity contribution in [3.63, 3.8) is 0 Å². The molecule has 7 heteroatoms. The van der Waals surface area contributed by atoms with Gasteiger partial charge in [0.1, 0.15) is 0 Å². The summed E-state index contributed by atoms with van der Waals surface area (Å²) in [6.07, 6.45) is 2.49. The molecular weight excluding hydrogens is 266 g/mol. The third-order valence-corrected chi connectivity index (χ3v) is 4.07. The van der Waals surface area contributed by atoms with Crippen molar-refractivity contribution in [3.05, 3.63) is 24.0 Å². The lowest BCUT2D eigenvalue weighted by molar-refractivity contribution is 0.0692. The molecule has 1 aromatic rings. The zero-order valence-corrected chi connectivity index (χ0v) is 11.1. The van der Waals surface area contributed by atoms with Gasteiger partial charge in [0.2, 0.25) is 0 Å². The van der Waals surface area contributed by atoms with Gasteiger partial charge < -0.3 is 15.7 Å². The standard InChI is InChI=1S/C12H15N3O3S/c16-11(17)10-9(2-1-4-13-10)15-12(18)14-6-8-3-5-19-7-8/h1-2,4,8H,3,5-7H2,(H,16,17)(H2,14,15,18). The van der Waals surface area contributed by atoms with Gasteiger partial charge in [-0.25, -0.2) is 14.6 Å². The van der Waals surface area contributed by atoms with Crippen molar-refractivity contribution in [1.29, 1.82) is 0 Å². The zero-order chi connectivity index (χ0) is 13.7. The highest BCUT2D eigenvalue weighted by Crippen LogP contribution is 2.22. The first kappa shape index (κ1) is 13.7. The molecule has 1 saturated heterocycles. The van der Waals surface area contributed by atoms with Crippen LogP contribution in [0.5, 0.6) is 0 Å². The quantitative estimate of drug-likeness (QED) is 0.780. The van der Waals surface area contributed by atoms with Crippen LogP contribution in [0.3, 0.4) is 0 Å². The summed E-state index contributed by atoms with van der Waals surface area (Å²) in [7, 11) is 0. The maximum Gasteiger partial charge on any atom is 0.356 e. The van der Waals surface area contributed by atoms with E-state index in [1.165, 1.54) is 12.3 Å². The fourth-order valence-corrected chi connectivity index (χ4v) is 3.11. The minimum atomic E-state index is -1.16. The Morgan fingerprint density at radius 1 is 1.53 bits per heavy atom. The normalized spacial score (nSPS) is 18.0. The highest BCUT2D eigenvalue weighted by molar-refractivity contribution is 7.99. The first-order valence-electron chi connectivity index (χ1n) is 5.97. The summed E-state index contributed by atoms with van der Waals surface area (Å²) in [5.41, 5.74) is 0.0439. The number of pyridine rings is 1. The predicted molar refractivity (Wildman–Crippen MR) is 73.6 cm³/mol. The molecule has 0 saturated carbocycles. The third-order valence-electron chi connectivity index (χ3n) is 2.83. The van der Waals surface area contributed by atoms with Crippen LogP contribution in [0.25, 0.3) is 0 Å². The molecule has 2 heterocycles. The average Bonchev–Trinajstić information content (AvgIpc) is 2.90. The number of carboxylic acids is 1. The molecule has 0 radical (unpaired) electrons. The molecule has 0 aromatic carbocycles. The first-order valence-corrected chi connectivity index (χ1v) is 7.13. The van der Waals surface area contributed by atoms with Gasteiger partial charge in [-0.2, -0.15) is 11.8 Å². The molecule has 2 amide bonds. The van der Waals surface area contributed by atoms with Crippen molar-refractivity contribution in [2.75, 3.05) is 23.4 Å². The second-order valence-electron chi connectivity index (χ2n) is 4.27. The summed E-state index contributed by atoms with van der Waals surface area (Å²) >= 11 is 1.88. The molecule has 0 bridgehead atoms. The number of thioether (sulfide) groups is 1. The van der Waals surface area contributed by atoms with E-state index in [9.17, 15) is 9.59 Å². The number of hydrogen-bond donors (Lipinski definition) is 3. The predicted octanol–water partition coefficient (Wildman–Crippen LogP) is 1.65. The van der Waals surface area contributed by atoms with Crippen LogP contribution >= 0.6 is 11.8 Å². The Kier molecular flexibility index (Phi) is 4.62. The Balaban J connectivity index is 1.89. The van der Waals surface area contributed by atoms with Gasteiger partial charge in [0.25, 0.3) is 0 Å². The number of aromatic nitrogens is 1. The Hall–Kier alpha value is -1.76. The van der Waals surface area contributed by atoms with E-state index >= 15 is 0 Å². The van der Waals surface area contributed by atoms with E-state index in [4.69, 9.17) is 5.11 Å². The lowest BCUT2D eigenvalue weighted by Gasteiger charge is -2.12. The van der Waals surface area contributed by atoms with E-state index in [0.717, 1.165) is 17.9 Å². The lowest BCUT2D eigenvalue weighted by atomic mass is 10.1. The van der Waals surface area contributed by atoms with E-state index in [0.29, 0.717) is 12.5 Å². The van der Waals surface area contributed by atoms with Gasteiger partial charge in [0.05, 0.1) is 5.69 Å². The fraction of sp³-hybridized carbons (Fsp3) is 0.417. The summed E-state index contributed by atoms with van der Waals surface area (Å²) in [4.78, 5) is 26.4. The van der Waals surface area contributed by atoms with Gasteiger partial charge >= 0.3 is 12.0 Å². The van der Waals surface area contributed by atoms with Crippen molar-refractivity contribution in [1.82, 2.24) is 10.3 Å². The molecule has 6 nitrogen and oxygen atoms in total. The van der Waals surface area contributed by atoms with Crippen LogP contribution in [0.1, 0.15) is 16.9 Å². The second-order valence-corrected chi connectivity index (χ2v) is 5.42. The number of carboxylic acid groups (broad SMARTS) is 1. The van der Waals surface area contributed by atoms with Crippen LogP contribution in [-0.2, 0) is 0 Å². The Bertz CT molecular complexity index is 475. The van der Waals surface area contributed by atoms with Crippen molar-refractivity contribution in [2.45, 2.75) is 6.42 Å². The number of anilines is 1. The number of nitrogens with one attached hydrogen (secondary N) is 2. The van der Waals surface area contributed by atoms with Gasteiger partial charge in [-0.3, -0.25) is 0 Å². The molecule has 1 fully saturated rings. The van der Waals surface area contributed by atoms with Gasteiger partial charge in [0.15, 0.2) is 5.69 Å². The summed E-state index contributed by atoms with van der Waals surface area (Å²) in [6, 6.07) is 2.70. The van der Waals surface area contributed by atoms with Gasteiger partial charge in [-0.15, -0.1) is 0 Å². The number of aromatic carboxylic acids is 1. The number of nitrogens with zero attached hydrogens (tertiary/aromatic N) is 1. The van der Waals surface area contributed by atoms with Crippen molar-refractivity contribution >= 4 is 29.4 Å². The summed E-state index contributed by atoms with van der Waals surface area (Å²) in [6.45, 7) is 0.613. The SMILES string of the molecule is O=C(NCC1CCSC1)Nc1cccnc1C(=O)O. The average molecular weight is 281 g/mol. The molecule has 2 rings (SSSR count). The van der Waals surface area contributed by atoms with E-state index in [2.05, 4.69) is 15.6 Å². The van der Waals surface area contributed by atoms with Crippen LogP contribution in [0.15, 0.2) is 18.3 Å². The number of urea groups is 1. The Morgan fingerprint density at radius 3 is 3.05 bits per heavy atom. The Labute approximate surface area is 115 Å². The zero-order valence-electron chi connectivity index (χ0n) is 10.3. The van der Waals surface area contributed by atoms with Crippen molar-refractivity contribution in [3.8, 4) is 0 Å². The van der Waals surface area contributed by atoms with Gasteiger partial charge in [-0.05, 0) is 36.0 Å². The Morgan fingerprint density at radius 2 is 2.37 bits per heavy atom. The monoisotopic (exact) mass is 281 g/mol. The van der Waals surface area contributed by atoms with E-state index in [1.807, 2.05) is 11.8 Å². The first-order chi connectivity index (χ1) is 9.16. The van der Waals surface area contributed by atoms with Crippen molar-refractivity contribution < 1.29 is 14.7 Å². The molecule has 1 aromatic heterocycles. The molecule has 1 atom stereocenters. The lowest BCUT2D eigenvalue weighted by Crippen LogP contribution is -2.33. The molecule has 1 aliphatic rings. The molecule has 1 aliphatic heterocycles. The molecule has 3 N–H and O–H groups in total. The molecule has 1 unspecified atom stereocenters. The van der Waals surface area contributed by atoms with Crippen LogP contribution in [0, 0.1) is 5.92 Å². The summed E-state index contributed by atoms with van der Waals surface area (Å²) in [5, 5.41) is 14.2. The van der Waals surface area contributed by atoms with E-state index in [1.54, 1.807) is 6.07 Å². The van der Waals surface area contributed by atoms with E-state index < -0.39 is 12.0 Å². The number of carbonyl (C=O) groups is 2. The fourth-order valence-electron chi connectivity index (χ4n) is 1.82. The van der Waals surface area contributed by atoms with Crippen molar-refractivity contribution in [2.24, 2.45) is 5.92 Å². The summed E-state index contributed by atoms with van der Waals surface area (Å²) in [5.74, 6) is 1.54. The smallest absolute Gasteiger partial charge is 0.356 e. The number of hydrogen-bond acceptors (Lipinski definition) is 4. The van der Waals surface area contributed by atoms with Gasteiger partial charge in [-0.1, -0.05) is 0 Å². The highest BCUT2D eigenvalue weighted by Gasteiger charge is 2.17. The minimum Gasteiger partial charge on any atom is -0.476 e. The minimum absolute atomic E-state index is 0.158. The number of carbonyl (C=O) groups excluding carboxylic acids is 1. The molecule has 19 heavy (non-hydrogen) atoms. The summed E-state index contributed by atoms with van der Waals surface area (Å²) < 4.78 is 0. The second kappa shape index (κ2) is 6.42. The maximum atomic E-state index is 11.7. The van der Waals surface area contributed by atoms with Crippen LogP contribution < -0.4 is 10.6 Å². The number of amides is 2. The van der Waals surface area contributed by atoms with Crippen LogP contribution in [0.4, 0.5) is 10.5 Å². The van der Waals surface area contributed by atoms with E-state index in [-0.39, 0.29) is 11.4 Å². The van der Waals surface area contributed by atoms with Gasteiger partial charge in [0, 0.05) is 12.7 Å². The largest absolute Gasteiger partial charge is 0.476 e. The van der Waals surface area contributed by atoms with Crippen LogP contribution in [0.2, 0.25) is 0 Å². The molecule has 0 spiro atoms. The molecule has 0 aliphatic carbocycles. The number of rotatable bonds is 4. The molecular formula is C12H15N3O3S. The highest BCUT2D eigenvalue weighted by atomic mass is 32.2. The molecule has 102 valence electrons. The van der Waals surface area contributed by atoms with Crippen LogP contribution in [-0.4, -0.2) is 40.1 Å². The topological polar surface area (TPSA) is 91.3 Å². The third kappa shape index (κ3) is 3.85. The maximum absolute atomic E-state index is 11.7.